The maximum absolute atomic E-state index is 11.8. The van der Waals surface area contributed by atoms with Crippen LogP contribution in [0.5, 0.6) is 11.5 Å². The van der Waals surface area contributed by atoms with Crippen LogP contribution in [0, 0.1) is 0 Å². The lowest BCUT2D eigenvalue weighted by molar-refractivity contribution is -0.119. The van der Waals surface area contributed by atoms with Gasteiger partial charge >= 0.3 is 0 Å². The first-order valence-corrected chi connectivity index (χ1v) is 7.75. The molecule has 6 heteroatoms. The maximum Gasteiger partial charge on any atom is 0.259 e. The van der Waals surface area contributed by atoms with Crippen LogP contribution in [0.2, 0.25) is 0 Å². The zero-order valence-electron chi connectivity index (χ0n) is 14.1. The van der Waals surface area contributed by atoms with Gasteiger partial charge in [0.1, 0.15) is 18.1 Å². The highest BCUT2D eigenvalue weighted by Gasteiger charge is 2.00. The summed E-state index contributed by atoms with van der Waals surface area (Å²) in [4.78, 5) is 11.8. The first kappa shape index (κ1) is 18.1. The van der Waals surface area contributed by atoms with Gasteiger partial charge in [-0.15, -0.1) is 0 Å². The smallest absolute Gasteiger partial charge is 0.259 e. The number of amides is 1. The summed E-state index contributed by atoms with van der Waals surface area (Å²) in [6.07, 6.45) is 3.24. The number of hydrazone groups is 1. The van der Waals surface area contributed by atoms with E-state index in [9.17, 15) is 4.79 Å². The molecule has 0 aliphatic rings. The van der Waals surface area contributed by atoms with Crippen molar-refractivity contribution in [3.63, 3.8) is 0 Å². The lowest BCUT2D eigenvalue weighted by atomic mass is 10.2. The van der Waals surface area contributed by atoms with Gasteiger partial charge in [-0.3, -0.25) is 4.79 Å². The average Bonchev–Trinajstić information content (AvgIpc) is 2.65. The van der Waals surface area contributed by atoms with Gasteiger partial charge in [0.15, 0.2) is 0 Å². The molecule has 1 amide bonds. The molecule has 2 N–H and O–H groups in total. The van der Waals surface area contributed by atoms with Crippen molar-refractivity contribution in [1.29, 1.82) is 0 Å². The zero-order valence-corrected chi connectivity index (χ0v) is 14.1. The molecule has 2 rings (SSSR count). The number of methoxy groups -OCH3 is 1. The lowest BCUT2D eigenvalue weighted by Crippen LogP contribution is -2.25. The molecule has 0 spiro atoms. The molecule has 0 radical (unpaired) electrons. The number of anilines is 1. The molecule has 0 aromatic heterocycles. The Morgan fingerprint density at radius 1 is 1.20 bits per heavy atom. The summed E-state index contributed by atoms with van der Waals surface area (Å²) in [5.41, 5.74) is 4.12. The fourth-order valence-corrected chi connectivity index (χ4v) is 1.95. The van der Waals surface area contributed by atoms with Crippen LogP contribution >= 0.6 is 0 Å². The fourth-order valence-electron chi connectivity index (χ4n) is 1.95. The summed E-state index contributed by atoms with van der Waals surface area (Å²) in [6.45, 7) is 4.16. The van der Waals surface area contributed by atoms with Crippen LogP contribution in [0.3, 0.4) is 0 Å². The van der Waals surface area contributed by atoms with E-state index in [-0.39, 0.29) is 12.5 Å². The summed E-state index contributed by atoms with van der Waals surface area (Å²) in [5.74, 6) is 1.24. The number of rotatable bonds is 9. The quantitative estimate of drug-likeness (QED) is 0.419. The topological polar surface area (TPSA) is 72.0 Å². The third-order valence-corrected chi connectivity index (χ3v) is 3.17. The zero-order chi connectivity index (χ0) is 17.9. The molecule has 0 aliphatic heterocycles. The summed E-state index contributed by atoms with van der Waals surface area (Å²) in [7, 11) is 1.61. The van der Waals surface area contributed by atoms with Gasteiger partial charge in [-0.1, -0.05) is 24.8 Å². The van der Waals surface area contributed by atoms with Gasteiger partial charge in [-0.25, -0.2) is 5.43 Å². The van der Waals surface area contributed by atoms with Crippen LogP contribution in [-0.2, 0) is 4.79 Å². The summed E-state index contributed by atoms with van der Waals surface area (Å²) >= 11 is 0. The number of carbonyl (C=O) groups is 1. The van der Waals surface area contributed by atoms with Crippen molar-refractivity contribution in [2.45, 2.75) is 0 Å². The summed E-state index contributed by atoms with van der Waals surface area (Å²) in [5, 5.41) is 6.95. The molecule has 0 saturated carbocycles. The predicted molar refractivity (Wildman–Crippen MR) is 99.4 cm³/mol. The van der Waals surface area contributed by atoms with Crippen LogP contribution in [0.25, 0.3) is 0 Å². The van der Waals surface area contributed by atoms with E-state index in [0.29, 0.717) is 6.61 Å². The van der Waals surface area contributed by atoms with E-state index in [0.717, 1.165) is 22.7 Å². The van der Waals surface area contributed by atoms with Gasteiger partial charge in [0.2, 0.25) is 0 Å². The Morgan fingerprint density at radius 2 is 2.00 bits per heavy atom. The van der Waals surface area contributed by atoms with Crippen LogP contribution < -0.4 is 20.2 Å². The molecule has 0 heterocycles. The van der Waals surface area contributed by atoms with Gasteiger partial charge in [0.05, 0.1) is 19.9 Å². The van der Waals surface area contributed by atoms with Crippen molar-refractivity contribution in [2.75, 3.05) is 25.6 Å². The van der Waals surface area contributed by atoms with Crippen LogP contribution in [0.1, 0.15) is 5.56 Å². The number of nitrogens with one attached hydrogen (secondary N) is 2. The first-order chi connectivity index (χ1) is 12.2. The van der Waals surface area contributed by atoms with Crippen molar-refractivity contribution < 1.29 is 14.3 Å². The molecule has 0 saturated heterocycles. The number of ether oxygens (including phenoxy) is 2. The molecule has 0 fully saturated rings. The number of nitrogens with zero attached hydrogens (tertiary/aromatic N) is 1. The Hall–Kier alpha value is -3.28. The van der Waals surface area contributed by atoms with Gasteiger partial charge in [-0.05, 0) is 42.0 Å². The van der Waals surface area contributed by atoms with E-state index in [1.807, 2.05) is 48.5 Å². The summed E-state index contributed by atoms with van der Waals surface area (Å²) in [6, 6.07) is 14.7. The Bertz CT molecular complexity index is 727. The monoisotopic (exact) mass is 339 g/mol. The molecule has 2 aromatic rings. The van der Waals surface area contributed by atoms with Gasteiger partial charge in [0, 0.05) is 5.69 Å². The second-order valence-corrected chi connectivity index (χ2v) is 5.05. The predicted octanol–water partition coefficient (Wildman–Crippen LogP) is 2.82. The third-order valence-electron chi connectivity index (χ3n) is 3.17. The molecule has 25 heavy (non-hydrogen) atoms. The number of carbonyl (C=O) groups excluding carboxylic acids is 1. The van der Waals surface area contributed by atoms with E-state index in [4.69, 9.17) is 9.47 Å². The highest BCUT2D eigenvalue weighted by molar-refractivity contribution is 5.84. The maximum atomic E-state index is 11.8. The lowest BCUT2D eigenvalue weighted by Gasteiger charge is -2.06. The second-order valence-electron chi connectivity index (χ2n) is 5.05. The van der Waals surface area contributed by atoms with Crippen molar-refractivity contribution in [3.05, 3.63) is 66.7 Å². The Kier molecular flexibility index (Phi) is 7.06. The molecule has 2 aromatic carbocycles. The highest BCUT2D eigenvalue weighted by Crippen LogP contribution is 2.14. The molecular weight excluding hydrogens is 318 g/mol. The van der Waals surface area contributed by atoms with Gasteiger partial charge in [0.25, 0.3) is 5.91 Å². The molecule has 6 nitrogen and oxygen atoms in total. The molecule has 130 valence electrons. The highest BCUT2D eigenvalue weighted by atomic mass is 16.5. The summed E-state index contributed by atoms with van der Waals surface area (Å²) < 4.78 is 10.5. The number of hydrogen-bond acceptors (Lipinski definition) is 5. The van der Waals surface area contributed by atoms with Gasteiger partial charge in [-0.2, -0.15) is 5.10 Å². The van der Waals surface area contributed by atoms with Crippen molar-refractivity contribution in [3.8, 4) is 11.5 Å². The van der Waals surface area contributed by atoms with Crippen molar-refractivity contribution in [1.82, 2.24) is 5.43 Å². The molecule has 0 unspecified atom stereocenters. The minimum atomic E-state index is -0.244. The van der Waals surface area contributed by atoms with E-state index < -0.39 is 0 Å². The van der Waals surface area contributed by atoms with Crippen molar-refractivity contribution >= 4 is 17.8 Å². The van der Waals surface area contributed by atoms with E-state index in [1.165, 1.54) is 0 Å². The molecule has 0 aliphatic carbocycles. The third kappa shape index (κ3) is 6.39. The van der Waals surface area contributed by atoms with Crippen molar-refractivity contribution in [2.24, 2.45) is 5.10 Å². The first-order valence-electron chi connectivity index (χ1n) is 7.75. The SMILES string of the molecule is C=CCOc1cccc(/C=N\NC(=O)CNc2ccc(OC)cc2)c1. The Balaban J connectivity index is 1.78. The molecular formula is C19H21N3O3. The van der Waals surface area contributed by atoms with E-state index in [1.54, 1.807) is 19.4 Å². The van der Waals surface area contributed by atoms with Crippen LogP contribution in [-0.4, -0.2) is 32.4 Å². The van der Waals surface area contributed by atoms with E-state index in [2.05, 4.69) is 22.4 Å². The number of hydrogen-bond donors (Lipinski definition) is 2. The van der Waals surface area contributed by atoms with Crippen LogP contribution in [0.4, 0.5) is 5.69 Å². The Morgan fingerprint density at radius 3 is 2.72 bits per heavy atom. The normalized spacial score (nSPS) is 10.3. The minimum Gasteiger partial charge on any atom is -0.497 e. The fraction of sp³-hybridized carbons (Fsp3) is 0.158. The number of benzene rings is 2. The van der Waals surface area contributed by atoms with Gasteiger partial charge < -0.3 is 14.8 Å². The molecule has 0 bridgehead atoms. The Labute approximate surface area is 147 Å². The largest absolute Gasteiger partial charge is 0.497 e. The minimum absolute atomic E-state index is 0.117. The van der Waals surface area contributed by atoms with E-state index >= 15 is 0 Å². The molecule has 0 atom stereocenters. The average molecular weight is 339 g/mol. The van der Waals surface area contributed by atoms with Crippen LogP contribution in [0.15, 0.2) is 66.3 Å². The standard InChI is InChI=1S/C19H21N3O3/c1-3-11-25-18-6-4-5-15(12-18)13-21-22-19(23)14-20-16-7-9-17(24-2)10-8-16/h3-10,12-13,20H,1,11,14H2,2H3,(H,22,23)/b21-13-. The second kappa shape index (κ2) is 9.77.